The van der Waals surface area contributed by atoms with Gasteiger partial charge in [-0.05, 0) is 37.3 Å². The number of rotatable bonds is 5. The van der Waals surface area contributed by atoms with E-state index in [2.05, 4.69) is 10.4 Å². The third-order valence-electron chi connectivity index (χ3n) is 2.70. The number of hydrogen-bond acceptors (Lipinski definition) is 3. The lowest BCUT2D eigenvalue weighted by Crippen LogP contribution is -2.27. The smallest absolute Gasteiger partial charge is 0.269 e. The maximum Gasteiger partial charge on any atom is 0.269 e. The molecule has 1 aromatic heterocycles. The summed E-state index contributed by atoms with van der Waals surface area (Å²) in [4.78, 5) is 13.1. The lowest BCUT2D eigenvalue weighted by Gasteiger charge is -2.05. The first-order chi connectivity index (χ1) is 9.56. The first-order valence-electron chi connectivity index (χ1n) is 6.23. The zero-order chi connectivity index (χ0) is 14.5. The van der Waals surface area contributed by atoms with Crippen molar-refractivity contribution in [3.8, 4) is 0 Å². The molecule has 0 unspecified atom stereocenters. The molecule has 0 aliphatic rings. The van der Waals surface area contributed by atoms with Crippen LogP contribution in [0, 0.1) is 6.92 Å². The van der Waals surface area contributed by atoms with E-state index in [1.807, 2.05) is 31.2 Å². The SMILES string of the molecule is Cc1cc(C(=O)NCCSc2ccc(Cl)cc2)n(C)n1. The number of thioether (sulfide) groups is 1. The van der Waals surface area contributed by atoms with Gasteiger partial charge in [-0.1, -0.05) is 11.6 Å². The molecule has 6 heteroatoms. The van der Waals surface area contributed by atoms with E-state index in [4.69, 9.17) is 11.6 Å². The number of hydrogen-bond donors (Lipinski definition) is 1. The van der Waals surface area contributed by atoms with Gasteiger partial charge in [0.2, 0.25) is 0 Å². The molecule has 2 aromatic rings. The summed E-state index contributed by atoms with van der Waals surface area (Å²) in [5, 5.41) is 7.77. The fraction of sp³-hybridized carbons (Fsp3) is 0.286. The van der Waals surface area contributed by atoms with Gasteiger partial charge in [-0.15, -0.1) is 11.8 Å². The number of nitrogens with zero attached hydrogens (tertiary/aromatic N) is 2. The molecule has 1 N–H and O–H groups in total. The number of aryl methyl sites for hydroxylation is 2. The van der Waals surface area contributed by atoms with Crippen molar-refractivity contribution in [3.63, 3.8) is 0 Å². The van der Waals surface area contributed by atoms with Crippen molar-refractivity contribution < 1.29 is 4.79 Å². The third kappa shape index (κ3) is 4.02. The molecule has 0 saturated heterocycles. The second kappa shape index (κ2) is 6.81. The zero-order valence-electron chi connectivity index (χ0n) is 11.4. The first-order valence-corrected chi connectivity index (χ1v) is 7.60. The van der Waals surface area contributed by atoms with E-state index < -0.39 is 0 Å². The number of carbonyl (C=O) groups excluding carboxylic acids is 1. The standard InChI is InChI=1S/C14H16ClN3OS/c1-10-9-13(18(2)17-10)14(19)16-7-8-20-12-5-3-11(15)4-6-12/h3-6,9H,7-8H2,1-2H3,(H,16,19). The minimum atomic E-state index is -0.0928. The van der Waals surface area contributed by atoms with Gasteiger partial charge in [0.15, 0.2) is 0 Å². The third-order valence-corrected chi connectivity index (χ3v) is 3.97. The first kappa shape index (κ1) is 14.9. The van der Waals surface area contributed by atoms with Gasteiger partial charge in [-0.25, -0.2) is 0 Å². The van der Waals surface area contributed by atoms with Crippen LogP contribution in [-0.4, -0.2) is 28.0 Å². The Morgan fingerprint density at radius 3 is 2.70 bits per heavy atom. The van der Waals surface area contributed by atoms with Crippen molar-refractivity contribution >= 4 is 29.3 Å². The van der Waals surface area contributed by atoms with E-state index in [-0.39, 0.29) is 5.91 Å². The highest BCUT2D eigenvalue weighted by atomic mass is 35.5. The van der Waals surface area contributed by atoms with Gasteiger partial charge in [0.05, 0.1) is 5.69 Å². The van der Waals surface area contributed by atoms with Crippen molar-refractivity contribution in [1.29, 1.82) is 0 Å². The summed E-state index contributed by atoms with van der Waals surface area (Å²) in [5.41, 5.74) is 1.42. The number of benzene rings is 1. The zero-order valence-corrected chi connectivity index (χ0v) is 13.0. The lowest BCUT2D eigenvalue weighted by molar-refractivity contribution is 0.0947. The number of carbonyl (C=O) groups is 1. The normalized spacial score (nSPS) is 10.6. The van der Waals surface area contributed by atoms with Crippen LogP contribution >= 0.6 is 23.4 Å². The maximum atomic E-state index is 11.9. The molecule has 0 fully saturated rings. The molecule has 0 saturated carbocycles. The summed E-state index contributed by atoms with van der Waals surface area (Å²) in [6.45, 7) is 2.48. The number of halogens is 1. The molecule has 0 radical (unpaired) electrons. The number of amides is 1. The van der Waals surface area contributed by atoms with Crippen molar-refractivity contribution in [3.05, 3.63) is 46.7 Å². The largest absolute Gasteiger partial charge is 0.350 e. The Bertz CT molecular complexity index is 595. The highest BCUT2D eigenvalue weighted by Crippen LogP contribution is 2.19. The Morgan fingerprint density at radius 1 is 1.40 bits per heavy atom. The fourth-order valence-corrected chi connectivity index (χ4v) is 2.67. The van der Waals surface area contributed by atoms with Crippen LogP contribution in [0.1, 0.15) is 16.2 Å². The van der Waals surface area contributed by atoms with E-state index in [1.54, 1.807) is 29.6 Å². The van der Waals surface area contributed by atoms with Crippen molar-refractivity contribution in [2.45, 2.75) is 11.8 Å². The Hall–Kier alpha value is -1.46. The minimum Gasteiger partial charge on any atom is -0.350 e. The summed E-state index contributed by atoms with van der Waals surface area (Å²) < 4.78 is 1.59. The Morgan fingerprint density at radius 2 is 2.10 bits per heavy atom. The number of nitrogens with one attached hydrogen (secondary N) is 1. The topological polar surface area (TPSA) is 46.9 Å². The molecule has 0 aliphatic heterocycles. The molecule has 0 aliphatic carbocycles. The fourth-order valence-electron chi connectivity index (χ4n) is 1.78. The van der Waals surface area contributed by atoms with E-state index in [1.165, 1.54) is 0 Å². The van der Waals surface area contributed by atoms with Crippen LogP contribution in [0.15, 0.2) is 35.2 Å². The van der Waals surface area contributed by atoms with E-state index in [9.17, 15) is 4.79 Å². The van der Waals surface area contributed by atoms with Crippen LogP contribution in [0.2, 0.25) is 5.02 Å². The summed E-state index contributed by atoms with van der Waals surface area (Å²) in [6.07, 6.45) is 0. The highest BCUT2D eigenvalue weighted by molar-refractivity contribution is 7.99. The predicted octanol–water partition coefficient (Wildman–Crippen LogP) is 2.90. The van der Waals surface area contributed by atoms with Crippen molar-refractivity contribution in [1.82, 2.24) is 15.1 Å². The monoisotopic (exact) mass is 309 g/mol. The quantitative estimate of drug-likeness (QED) is 0.682. The van der Waals surface area contributed by atoms with Crippen LogP contribution in [0.25, 0.3) is 0 Å². The molecule has 0 bridgehead atoms. The van der Waals surface area contributed by atoms with Crippen molar-refractivity contribution in [2.24, 2.45) is 7.05 Å². The van der Waals surface area contributed by atoms with Crippen LogP contribution < -0.4 is 5.32 Å². The molecule has 0 atom stereocenters. The average molecular weight is 310 g/mol. The highest BCUT2D eigenvalue weighted by Gasteiger charge is 2.10. The Labute approximate surface area is 127 Å². The van der Waals surface area contributed by atoms with E-state index >= 15 is 0 Å². The van der Waals surface area contributed by atoms with E-state index in [0.717, 1.165) is 21.4 Å². The Balaban J connectivity index is 1.77. The predicted molar refractivity (Wildman–Crippen MR) is 82.5 cm³/mol. The van der Waals surface area contributed by atoms with Gasteiger partial charge >= 0.3 is 0 Å². The van der Waals surface area contributed by atoms with Crippen LogP contribution in [0.5, 0.6) is 0 Å². The molecule has 1 heterocycles. The maximum absolute atomic E-state index is 11.9. The molecule has 4 nitrogen and oxygen atoms in total. The van der Waals surface area contributed by atoms with Gasteiger partial charge in [0, 0.05) is 29.3 Å². The summed E-state index contributed by atoms with van der Waals surface area (Å²) >= 11 is 7.50. The number of aromatic nitrogens is 2. The molecule has 1 aromatic carbocycles. The van der Waals surface area contributed by atoms with Gasteiger partial charge in [0.1, 0.15) is 5.69 Å². The van der Waals surface area contributed by atoms with Crippen molar-refractivity contribution in [2.75, 3.05) is 12.3 Å². The van der Waals surface area contributed by atoms with Gasteiger partial charge in [0.25, 0.3) is 5.91 Å². The summed E-state index contributed by atoms with van der Waals surface area (Å²) in [5.74, 6) is 0.717. The van der Waals surface area contributed by atoms with Gasteiger partial charge in [-0.2, -0.15) is 5.10 Å². The summed E-state index contributed by atoms with van der Waals surface area (Å²) in [7, 11) is 1.77. The molecule has 0 spiro atoms. The van der Waals surface area contributed by atoms with E-state index in [0.29, 0.717) is 12.2 Å². The van der Waals surface area contributed by atoms with Gasteiger partial charge < -0.3 is 5.32 Å². The molecular formula is C14H16ClN3OS. The second-order valence-electron chi connectivity index (χ2n) is 4.35. The molecule has 106 valence electrons. The van der Waals surface area contributed by atoms with Crippen LogP contribution in [0.4, 0.5) is 0 Å². The molecule has 20 heavy (non-hydrogen) atoms. The second-order valence-corrected chi connectivity index (χ2v) is 5.96. The molecule has 2 rings (SSSR count). The van der Waals surface area contributed by atoms with Crippen LogP contribution in [0.3, 0.4) is 0 Å². The van der Waals surface area contributed by atoms with Gasteiger partial charge in [-0.3, -0.25) is 9.48 Å². The molecular weight excluding hydrogens is 294 g/mol. The average Bonchev–Trinajstić information content (AvgIpc) is 2.75. The summed E-state index contributed by atoms with van der Waals surface area (Å²) in [6, 6.07) is 9.45. The minimum absolute atomic E-state index is 0.0928. The lowest BCUT2D eigenvalue weighted by atomic mass is 10.3. The molecule has 1 amide bonds. The van der Waals surface area contributed by atoms with Crippen LogP contribution in [-0.2, 0) is 7.05 Å². The Kier molecular flexibility index (Phi) is 5.09.